The van der Waals surface area contributed by atoms with Crippen molar-refractivity contribution in [1.82, 2.24) is 4.90 Å². The Balaban J connectivity index is 1.83. The predicted molar refractivity (Wildman–Crippen MR) is 78.5 cm³/mol. The molecule has 1 N–H and O–H groups in total. The minimum absolute atomic E-state index is 0.0395. The molecule has 1 heterocycles. The van der Waals surface area contributed by atoms with Gasteiger partial charge < -0.3 is 14.7 Å². The Morgan fingerprint density at radius 3 is 2.70 bits per heavy atom. The monoisotopic (exact) mass is 339 g/mol. The van der Waals surface area contributed by atoms with E-state index in [4.69, 9.17) is 4.74 Å². The summed E-state index contributed by atoms with van der Waals surface area (Å²) in [4.78, 5) is 14.7. The Hall–Kier alpha value is -0.910. The van der Waals surface area contributed by atoms with E-state index < -0.39 is 0 Å². The highest BCUT2D eigenvalue weighted by Crippen LogP contribution is 2.50. The van der Waals surface area contributed by atoms with Crippen molar-refractivity contribution >= 4 is 21.8 Å². The predicted octanol–water partition coefficient (Wildman–Crippen LogP) is 1.70. The Labute approximate surface area is 126 Å². The number of benzene rings is 1. The molecule has 20 heavy (non-hydrogen) atoms. The van der Waals surface area contributed by atoms with E-state index in [0.717, 1.165) is 22.9 Å². The van der Waals surface area contributed by atoms with Crippen LogP contribution >= 0.6 is 15.9 Å². The zero-order valence-electron chi connectivity index (χ0n) is 11.2. The molecule has 1 unspecified atom stereocenters. The first kappa shape index (κ1) is 14.0. The molecule has 2 aliphatic rings. The number of hydrogen-bond donors (Lipinski definition) is 1. The van der Waals surface area contributed by atoms with E-state index in [0.29, 0.717) is 19.8 Å². The van der Waals surface area contributed by atoms with Crippen LogP contribution in [0, 0.1) is 0 Å². The molecule has 4 nitrogen and oxygen atoms in total. The molecule has 0 bridgehead atoms. The Kier molecular flexibility index (Phi) is 3.84. The summed E-state index contributed by atoms with van der Waals surface area (Å²) in [5.74, 6) is 0.141. The molecule has 1 aliphatic carbocycles. The lowest BCUT2D eigenvalue weighted by Crippen LogP contribution is -2.53. The standard InChI is InChI=1S/C15H18BrNO3/c16-12-3-1-11(2-4-12)15(5-6-15)14(19)17-7-8-20-10-13(17)9-18/h1-4,13,18H,5-10H2. The summed E-state index contributed by atoms with van der Waals surface area (Å²) >= 11 is 3.42. The van der Waals surface area contributed by atoms with Gasteiger partial charge in [0.25, 0.3) is 0 Å². The first-order valence-corrected chi connectivity index (χ1v) is 7.72. The molecule has 1 aromatic carbocycles. The minimum atomic E-state index is -0.370. The third-order valence-electron chi connectivity index (χ3n) is 4.26. The van der Waals surface area contributed by atoms with Crippen LogP contribution in [0.5, 0.6) is 0 Å². The lowest BCUT2D eigenvalue weighted by molar-refractivity contribution is -0.144. The molecule has 1 saturated carbocycles. The molecule has 0 aromatic heterocycles. The van der Waals surface area contributed by atoms with Gasteiger partial charge in [-0.05, 0) is 30.5 Å². The largest absolute Gasteiger partial charge is 0.394 e. The van der Waals surface area contributed by atoms with E-state index in [1.807, 2.05) is 24.3 Å². The lowest BCUT2D eigenvalue weighted by atomic mass is 9.93. The highest BCUT2D eigenvalue weighted by molar-refractivity contribution is 9.10. The number of amides is 1. The van der Waals surface area contributed by atoms with Gasteiger partial charge in [-0.1, -0.05) is 28.1 Å². The number of carbonyl (C=O) groups excluding carboxylic acids is 1. The highest BCUT2D eigenvalue weighted by Gasteiger charge is 2.54. The molecule has 0 spiro atoms. The van der Waals surface area contributed by atoms with Crippen molar-refractivity contribution in [2.45, 2.75) is 24.3 Å². The lowest BCUT2D eigenvalue weighted by Gasteiger charge is -2.37. The smallest absolute Gasteiger partial charge is 0.233 e. The molecule has 3 rings (SSSR count). The van der Waals surface area contributed by atoms with E-state index in [9.17, 15) is 9.90 Å². The van der Waals surface area contributed by atoms with Gasteiger partial charge in [-0.15, -0.1) is 0 Å². The van der Waals surface area contributed by atoms with Crippen molar-refractivity contribution in [2.75, 3.05) is 26.4 Å². The molecular weight excluding hydrogens is 322 g/mol. The normalized spacial score (nSPS) is 24.5. The van der Waals surface area contributed by atoms with Crippen molar-refractivity contribution in [3.05, 3.63) is 34.3 Å². The molecule has 1 atom stereocenters. The zero-order valence-corrected chi connectivity index (χ0v) is 12.8. The molecule has 1 aromatic rings. The van der Waals surface area contributed by atoms with E-state index in [-0.39, 0.29) is 24.0 Å². The fourth-order valence-corrected chi connectivity index (χ4v) is 3.13. The van der Waals surface area contributed by atoms with Crippen molar-refractivity contribution in [3.8, 4) is 0 Å². The van der Waals surface area contributed by atoms with Crippen LogP contribution in [0.4, 0.5) is 0 Å². The van der Waals surface area contributed by atoms with Gasteiger partial charge in [0.05, 0.1) is 31.3 Å². The second kappa shape index (κ2) is 5.47. The average Bonchev–Trinajstić information content (AvgIpc) is 3.29. The van der Waals surface area contributed by atoms with E-state index >= 15 is 0 Å². The van der Waals surface area contributed by atoms with Crippen LogP contribution in [0.2, 0.25) is 0 Å². The average molecular weight is 340 g/mol. The summed E-state index contributed by atoms with van der Waals surface area (Å²) in [6, 6.07) is 7.79. The number of aliphatic hydroxyl groups is 1. The molecule has 1 aliphatic heterocycles. The van der Waals surface area contributed by atoms with Crippen LogP contribution in [0.3, 0.4) is 0 Å². The Morgan fingerprint density at radius 2 is 2.10 bits per heavy atom. The fraction of sp³-hybridized carbons (Fsp3) is 0.533. The van der Waals surface area contributed by atoms with E-state index in [2.05, 4.69) is 15.9 Å². The third kappa shape index (κ3) is 2.38. The molecule has 5 heteroatoms. The van der Waals surface area contributed by atoms with Crippen molar-refractivity contribution in [2.24, 2.45) is 0 Å². The summed E-state index contributed by atoms with van der Waals surface area (Å²) in [5.41, 5.74) is 0.708. The fourth-order valence-electron chi connectivity index (χ4n) is 2.87. The van der Waals surface area contributed by atoms with Gasteiger partial charge in [-0.25, -0.2) is 0 Å². The van der Waals surface area contributed by atoms with E-state index in [1.165, 1.54) is 0 Å². The first-order chi connectivity index (χ1) is 9.67. The topological polar surface area (TPSA) is 49.8 Å². The van der Waals surface area contributed by atoms with Crippen LogP contribution in [0.15, 0.2) is 28.7 Å². The summed E-state index contributed by atoms with van der Waals surface area (Å²) in [5, 5.41) is 9.42. The number of hydrogen-bond acceptors (Lipinski definition) is 3. The molecule has 2 fully saturated rings. The second-order valence-electron chi connectivity index (χ2n) is 5.50. The van der Waals surface area contributed by atoms with Crippen LogP contribution in [-0.2, 0) is 14.9 Å². The molecular formula is C15H18BrNO3. The SMILES string of the molecule is O=C(N1CCOCC1CO)C1(c2ccc(Br)cc2)CC1. The first-order valence-electron chi connectivity index (χ1n) is 6.93. The van der Waals surface area contributed by atoms with Gasteiger partial charge in [0.1, 0.15) is 0 Å². The molecule has 1 amide bonds. The van der Waals surface area contributed by atoms with Gasteiger partial charge >= 0.3 is 0 Å². The molecule has 1 saturated heterocycles. The number of nitrogens with zero attached hydrogens (tertiary/aromatic N) is 1. The quantitative estimate of drug-likeness (QED) is 0.911. The Morgan fingerprint density at radius 1 is 1.40 bits per heavy atom. The van der Waals surface area contributed by atoms with Crippen molar-refractivity contribution in [1.29, 1.82) is 0 Å². The Bertz CT molecular complexity index is 498. The van der Waals surface area contributed by atoms with Crippen LogP contribution in [0.25, 0.3) is 0 Å². The van der Waals surface area contributed by atoms with Crippen LogP contribution in [-0.4, -0.2) is 48.3 Å². The molecule has 0 radical (unpaired) electrons. The minimum Gasteiger partial charge on any atom is -0.394 e. The third-order valence-corrected chi connectivity index (χ3v) is 4.78. The number of halogens is 1. The van der Waals surface area contributed by atoms with Crippen molar-refractivity contribution < 1.29 is 14.6 Å². The summed E-state index contributed by atoms with van der Waals surface area (Å²) in [7, 11) is 0. The van der Waals surface area contributed by atoms with Crippen LogP contribution < -0.4 is 0 Å². The van der Waals surface area contributed by atoms with Gasteiger partial charge in [0, 0.05) is 11.0 Å². The van der Waals surface area contributed by atoms with Gasteiger partial charge in [0.2, 0.25) is 5.91 Å². The second-order valence-corrected chi connectivity index (χ2v) is 6.41. The maximum absolute atomic E-state index is 12.9. The number of aliphatic hydroxyl groups excluding tert-OH is 1. The molecule has 108 valence electrons. The highest BCUT2D eigenvalue weighted by atomic mass is 79.9. The van der Waals surface area contributed by atoms with Crippen molar-refractivity contribution in [3.63, 3.8) is 0 Å². The maximum atomic E-state index is 12.9. The number of ether oxygens (including phenoxy) is 1. The van der Waals surface area contributed by atoms with Crippen LogP contribution in [0.1, 0.15) is 18.4 Å². The summed E-state index contributed by atoms with van der Waals surface area (Å²) in [6.07, 6.45) is 1.78. The maximum Gasteiger partial charge on any atom is 0.233 e. The van der Waals surface area contributed by atoms with Gasteiger partial charge in [0.15, 0.2) is 0 Å². The zero-order chi connectivity index (χ0) is 14.2. The summed E-state index contributed by atoms with van der Waals surface area (Å²) < 4.78 is 6.37. The van der Waals surface area contributed by atoms with Gasteiger partial charge in [-0.2, -0.15) is 0 Å². The number of morpholine rings is 1. The number of rotatable bonds is 3. The van der Waals surface area contributed by atoms with E-state index in [1.54, 1.807) is 4.90 Å². The number of carbonyl (C=O) groups is 1. The summed E-state index contributed by atoms with van der Waals surface area (Å²) in [6.45, 7) is 1.52. The van der Waals surface area contributed by atoms with Gasteiger partial charge in [-0.3, -0.25) is 4.79 Å².